The second kappa shape index (κ2) is 5.33. The molecule has 0 unspecified atom stereocenters. The van der Waals surface area contributed by atoms with Gasteiger partial charge in [0.05, 0.1) is 17.7 Å². The van der Waals surface area contributed by atoms with E-state index in [9.17, 15) is 9.59 Å². The van der Waals surface area contributed by atoms with E-state index >= 15 is 0 Å². The van der Waals surface area contributed by atoms with Gasteiger partial charge in [0.2, 0.25) is 11.7 Å². The molecule has 1 saturated carbocycles. The van der Waals surface area contributed by atoms with Crippen molar-refractivity contribution in [2.45, 2.75) is 25.2 Å². The molecule has 7 nitrogen and oxygen atoms in total. The van der Waals surface area contributed by atoms with Crippen LogP contribution in [0.2, 0.25) is 0 Å². The summed E-state index contributed by atoms with van der Waals surface area (Å²) in [6, 6.07) is 0. The van der Waals surface area contributed by atoms with E-state index in [4.69, 9.17) is 9.15 Å². The molecule has 2 atom stereocenters. The second-order valence-electron chi connectivity index (χ2n) is 6.78. The van der Waals surface area contributed by atoms with Crippen molar-refractivity contribution in [1.29, 1.82) is 0 Å². The minimum Gasteiger partial charge on any atom is -0.438 e. The van der Waals surface area contributed by atoms with Gasteiger partial charge in [-0.15, -0.1) is 0 Å². The van der Waals surface area contributed by atoms with Gasteiger partial charge >= 0.3 is 0 Å². The van der Waals surface area contributed by atoms with E-state index in [0.29, 0.717) is 44.4 Å². The molecule has 3 fully saturated rings. The zero-order chi connectivity index (χ0) is 16.0. The average Bonchev–Trinajstić information content (AvgIpc) is 3.16. The van der Waals surface area contributed by atoms with Crippen LogP contribution in [0.5, 0.6) is 0 Å². The lowest BCUT2D eigenvalue weighted by Crippen LogP contribution is -2.49. The van der Waals surface area contributed by atoms with Gasteiger partial charge in [0.25, 0.3) is 5.91 Å². The van der Waals surface area contributed by atoms with Crippen molar-refractivity contribution < 1.29 is 18.7 Å². The normalized spacial score (nSPS) is 30.1. The number of nitrogens with zero attached hydrogens (tertiary/aromatic N) is 2. The van der Waals surface area contributed by atoms with E-state index in [-0.39, 0.29) is 17.7 Å². The van der Waals surface area contributed by atoms with E-state index in [0.717, 1.165) is 18.5 Å². The van der Waals surface area contributed by atoms with E-state index in [1.165, 1.54) is 6.39 Å². The topological polar surface area (TPSA) is 84.7 Å². The number of ether oxygens (including phenoxy) is 1. The molecular formula is C16H21N3O4. The summed E-state index contributed by atoms with van der Waals surface area (Å²) >= 11 is 0. The Kier molecular flexibility index (Phi) is 3.41. The first-order valence-corrected chi connectivity index (χ1v) is 8.18. The molecular weight excluding hydrogens is 298 g/mol. The Morgan fingerprint density at radius 2 is 2.26 bits per heavy atom. The molecule has 3 heterocycles. The molecule has 1 N–H and O–H groups in total. The van der Waals surface area contributed by atoms with Crippen LogP contribution in [0.25, 0.3) is 0 Å². The lowest BCUT2D eigenvalue weighted by molar-refractivity contribution is -0.138. The van der Waals surface area contributed by atoms with Crippen molar-refractivity contribution in [3.8, 4) is 0 Å². The van der Waals surface area contributed by atoms with Crippen LogP contribution >= 0.6 is 0 Å². The number of hydrogen-bond acceptors (Lipinski definition) is 5. The van der Waals surface area contributed by atoms with Gasteiger partial charge in [-0.05, 0) is 19.3 Å². The second-order valence-corrected chi connectivity index (χ2v) is 6.78. The first-order valence-electron chi connectivity index (χ1n) is 8.18. The highest BCUT2D eigenvalue weighted by molar-refractivity contribution is 5.94. The van der Waals surface area contributed by atoms with Crippen LogP contribution in [0.4, 0.5) is 0 Å². The van der Waals surface area contributed by atoms with Crippen LogP contribution in [0.1, 0.15) is 41.4 Å². The average molecular weight is 319 g/mol. The fourth-order valence-corrected chi connectivity index (χ4v) is 3.93. The third-order valence-electron chi connectivity index (χ3n) is 5.43. The number of carbonyl (C=O) groups excluding carboxylic acids is 2. The number of rotatable bonds is 3. The maximum atomic E-state index is 12.9. The number of aromatic nitrogens is 1. The molecule has 1 aliphatic carbocycles. The number of hydrogen-bond donors (Lipinski definition) is 1. The van der Waals surface area contributed by atoms with Crippen LogP contribution < -0.4 is 5.32 Å². The Balaban J connectivity index is 1.59. The van der Waals surface area contributed by atoms with Crippen molar-refractivity contribution in [3.63, 3.8) is 0 Å². The van der Waals surface area contributed by atoms with E-state index in [2.05, 4.69) is 10.3 Å². The zero-order valence-corrected chi connectivity index (χ0v) is 13.2. The van der Waals surface area contributed by atoms with E-state index < -0.39 is 5.41 Å². The summed E-state index contributed by atoms with van der Waals surface area (Å²) in [6.07, 6.45) is 4.12. The molecule has 2 saturated heterocycles. The molecule has 124 valence electrons. The van der Waals surface area contributed by atoms with E-state index in [1.807, 2.05) is 0 Å². The van der Waals surface area contributed by atoms with Crippen LogP contribution in [0.3, 0.4) is 0 Å². The van der Waals surface area contributed by atoms with Crippen molar-refractivity contribution in [2.24, 2.45) is 11.3 Å². The van der Waals surface area contributed by atoms with Crippen molar-refractivity contribution >= 4 is 11.8 Å². The van der Waals surface area contributed by atoms with Crippen molar-refractivity contribution in [2.75, 3.05) is 33.4 Å². The molecule has 0 aromatic carbocycles. The van der Waals surface area contributed by atoms with Gasteiger partial charge in [-0.1, -0.05) is 0 Å². The fourth-order valence-electron chi connectivity index (χ4n) is 3.93. The summed E-state index contributed by atoms with van der Waals surface area (Å²) in [7, 11) is 1.65. The van der Waals surface area contributed by atoms with Crippen LogP contribution in [0.15, 0.2) is 10.8 Å². The molecule has 1 aromatic rings. The molecule has 4 rings (SSSR count). The maximum Gasteiger partial charge on any atom is 0.291 e. The monoisotopic (exact) mass is 319 g/mol. The molecule has 1 aromatic heterocycles. The van der Waals surface area contributed by atoms with Gasteiger partial charge in [-0.2, -0.15) is 0 Å². The van der Waals surface area contributed by atoms with Gasteiger partial charge in [0.15, 0.2) is 6.39 Å². The van der Waals surface area contributed by atoms with Crippen LogP contribution in [-0.2, 0) is 9.53 Å². The van der Waals surface area contributed by atoms with Crippen molar-refractivity contribution in [3.05, 3.63) is 17.8 Å². The van der Waals surface area contributed by atoms with Crippen LogP contribution in [-0.4, -0.2) is 55.0 Å². The summed E-state index contributed by atoms with van der Waals surface area (Å²) < 4.78 is 10.9. The first-order chi connectivity index (χ1) is 11.2. The van der Waals surface area contributed by atoms with Gasteiger partial charge < -0.3 is 19.4 Å². The maximum absolute atomic E-state index is 12.9. The van der Waals surface area contributed by atoms with Gasteiger partial charge in [-0.25, -0.2) is 4.98 Å². The third-order valence-corrected chi connectivity index (χ3v) is 5.43. The predicted octanol–water partition coefficient (Wildman–Crippen LogP) is 0.777. The molecule has 0 radical (unpaired) electrons. The summed E-state index contributed by atoms with van der Waals surface area (Å²) in [5, 5.41) is 2.76. The predicted molar refractivity (Wildman–Crippen MR) is 79.8 cm³/mol. The lowest BCUT2D eigenvalue weighted by Gasteiger charge is -2.36. The quantitative estimate of drug-likeness (QED) is 0.890. The largest absolute Gasteiger partial charge is 0.438 e. The number of oxazole rings is 1. The van der Waals surface area contributed by atoms with Gasteiger partial charge in [0.1, 0.15) is 0 Å². The highest BCUT2D eigenvalue weighted by atomic mass is 16.5. The standard InChI is InChI=1S/C16H21N3O4/c1-17-15(21)16-4-5-22-7-11(16)6-19(8-16)14(20)13-12(10-2-3-10)18-9-23-13/h9-11H,2-8H2,1H3,(H,17,21)/t11-,16+/m1/s1. The molecule has 23 heavy (non-hydrogen) atoms. The highest BCUT2D eigenvalue weighted by Gasteiger charge is 2.54. The van der Waals surface area contributed by atoms with Crippen LogP contribution in [0, 0.1) is 11.3 Å². The highest BCUT2D eigenvalue weighted by Crippen LogP contribution is 2.44. The summed E-state index contributed by atoms with van der Waals surface area (Å²) in [4.78, 5) is 31.3. The number of nitrogens with one attached hydrogen (secondary N) is 1. The summed E-state index contributed by atoms with van der Waals surface area (Å²) in [6.45, 7) is 2.02. The number of carbonyl (C=O) groups is 2. The van der Waals surface area contributed by atoms with E-state index in [1.54, 1.807) is 11.9 Å². The third kappa shape index (κ3) is 2.25. The minimum absolute atomic E-state index is 0.00101. The van der Waals surface area contributed by atoms with Crippen molar-refractivity contribution in [1.82, 2.24) is 15.2 Å². The molecule has 0 spiro atoms. The first kappa shape index (κ1) is 14.7. The smallest absolute Gasteiger partial charge is 0.291 e. The minimum atomic E-state index is -0.539. The Labute approximate surface area is 134 Å². The Bertz CT molecular complexity index is 639. The number of likely N-dealkylation sites (tertiary alicyclic amines) is 1. The Hall–Kier alpha value is -1.89. The molecule has 2 aliphatic heterocycles. The lowest BCUT2D eigenvalue weighted by atomic mass is 9.73. The summed E-state index contributed by atoms with van der Waals surface area (Å²) in [5.41, 5.74) is 0.234. The fraction of sp³-hybridized carbons (Fsp3) is 0.688. The molecule has 2 amide bonds. The SMILES string of the molecule is CNC(=O)[C@]12CCOC[C@H]1CN(C(=O)c1ocnc1C1CC1)C2. The Morgan fingerprint density at radius 1 is 1.43 bits per heavy atom. The Morgan fingerprint density at radius 3 is 3.00 bits per heavy atom. The van der Waals surface area contributed by atoms with Gasteiger partial charge in [0, 0.05) is 38.6 Å². The molecule has 7 heteroatoms. The van der Waals surface area contributed by atoms with Gasteiger partial charge in [-0.3, -0.25) is 9.59 Å². The molecule has 3 aliphatic rings. The number of fused-ring (bicyclic) bond motifs is 1. The zero-order valence-electron chi connectivity index (χ0n) is 13.2. The molecule has 0 bridgehead atoms. The summed E-state index contributed by atoms with van der Waals surface area (Å²) in [5.74, 6) is 0.587. The number of amides is 2.